The van der Waals surface area contributed by atoms with Gasteiger partial charge in [-0.15, -0.1) is 0 Å². The Balaban J connectivity index is 2.42. The van der Waals surface area contributed by atoms with Crippen LogP contribution in [0.4, 0.5) is 5.82 Å². The van der Waals surface area contributed by atoms with Gasteiger partial charge in [-0.1, -0.05) is 40.0 Å². The normalized spacial score (nSPS) is 11.3. The van der Waals surface area contributed by atoms with Crippen molar-refractivity contribution in [3.8, 4) is 5.88 Å². The molecule has 1 rings (SSSR count). The summed E-state index contributed by atoms with van der Waals surface area (Å²) in [6.45, 7) is 7.72. The van der Waals surface area contributed by atoms with E-state index in [2.05, 4.69) is 36.1 Å². The third-order valence-corrected chi connectivity index (χ3v) is 3.06. The number of anilines is 1. The number of aromatic nitrogens is 2. The van der Waals surface area contributed by atoms with Crippen LogP contribution < -0.4 is 10.1 Å². The van der Waals surface area contributed by atoms with E-state index in [1.165, 1.54) is 32.0 Å². The van der Waals surface area contributed by atoms with Crippen molar-refractivity contribution in [3.05, 3.63) is 12.4 Å². The van der Waals surface area contributed by atoms with Crippen molar-refractivity contribution in [3.63, 3.8) is 0 Å². The van der Waals surface area contributed by atoms with Crippen molar-refractivity contribution >= 4 is 5.82 Å². The second-order valence-corrected chi connectivity index (χ2v) is 5.42. The lowest BCUT2D eigenvalue weighted by Crippen LogP contribution is -2.23. The lowest BCUT2D eigenvalue weighted by Gasteiger charge is -2.25. The summed E-state index contributed by atoms with van der Waals surface area (Å²) in [5, 5.41) is 3.36. The third kappa shape index (κ3) is 5.34. The standard InChI is InChI=1S/C14H25N3O/c1-5-6-7-8-14(2,3)10-15-12-9-13(18-4)17-11-16-12/h9,11H,5-8,10H2,1-4H3,(H,15,16,17). The Morgan fingerprint density at radius 1 is 1.28 bits per heavy atom. The van der Waals surface area contributed by atoms with Gasteiger partial charge in [0.05, 0.1) is 7.11 Å². The minimum atomic E-state index is 0.285. The molecule has 4 nitrogen and oxygen atoms in total. The van der Waals surface area contributed by atoms with E-state index in [-0.39, 0.29) is 5.41 Å². The maximum atomic E-state index is 5.08. The van der Waals surface area contributed by atoms with Crippen LogP contribution in [-0.2, 0) is 0 Å². The van der Waals surface area contributed by atoms with Crippen molar-refractivity contribution in [1.82, 2.24) is 9.97 Å². The van der Waals surface area contributed by atoms with Crippen LogP contribution >= 0.6 is 0 Å². The van der Waals surface area contributed by atoms with Gasteiger partial charge in [0.15, 0.2) is 0 Å². The molecule has 0 aromatic carbocycles. The van der Waals surface area contributed by atoms with E-state index in [0.29, 0.717) is 5.88 Å². The number of hydrogen-bond acceptors (Lipinski definition) is 4. The zero-order chi connectivity index (χ0) is 13.4. The Hall–Kier alpha value is -1.32. The molecule has 0 radical (unpaired) electrons. The third-order valence-electron chi connectivity index (χ3n) is 3.06. The first kappa shape index (κ1) is 14.7. The van der Waals surface area contributed by atoms with Crippen LogP contribution in [0.3, 0.4) is 0 Å². The van der Waals surface area contributed by atoms with Crippen molar-refractivity contribution < 1.29 is 4.74 Å². The Bertz CT molecular complexity index is 353. The highest BCUT2D eigenvalue weighted by Gasteiger charge is 2.17. The molecule has 0 aliphatic carbocycles. The number of nitrogens with one attached hydrogen (secondary N) is 1. The maximum absolute atomic E-state index is 5.08. The van der Waals surface area contributed by atoms with Gasteiger partial charge in [-0.05, 0) is 11.8 Å². The van der Waals surface area contributed by atoms with Gasteiger partial charge in [-0.2, -0.15) is 0 Å². The zero-order valence-corrected chi connectivity index (χ0v) is 12.0. The Kier molecular flexibility index (Phi) is 5.89. The van der Waals surface area contributed by atoms with E-state index in [9.17, 15) is 0 Å². The summed E-state index contributed by atoms with van der Waals surface area (Å²) in [5.74, 6) is 1.42. The van der Waals surface area contributed by atoms with Gasteiger partial charge in [-0.25, -0.2) is 9.97 Å². The second-order valence-electron chi connectivity index (χ2n) is 5.42. The fraction of sp³-hybridized carbons (Fsp3) is 0.714. The second kappa shape index (κ2) is 7.19. The van der Waals surface area contributed by atoms with E-state index in [4.69, 9.17) is 4.74 Å². The summed E-state index contributed by atoms with van der Waals surface area (Å²) in [6.07, 6.45) is 6.62. The van der Waals surface area contributed by atoms with Crippen LogP contribution in [-0.4, -0.2) is 23.6 Å². The molecule has 1 heterocycles. The first-order chi connectivity index (χ1) is 8.57. The maximum Gasteiger partial charge on any atom is 0.218 e. The first-order valence-corrected chi connectivity index (χ1v) is 6.67. The number of nitrogens with zero attached hydrogens (tertiary/aromatic N) is 2. The lowest BCUT2D eigenvalue weighted by atomic mass is 9.87. The largest absolute Gasteiger partial charge is 0.481 e. The fourth-order valence-electron chi connectivity index (χ4n) is 1.82. The van der Waals surface area contributed by atoms with Crippen molar-refractivity contribution in [1.29, 1.82) is 0 Å². The van der Waals surface area contributed by atoms with Gasteiger partial charge >= 0.3 is 0 Å². The van der Waals surface area contributed by atoms with Gasteiger partial charge in [0, 0.05) is 12.6 Å². The monoisotopic (exact) mass is 251 g/mol. The molecule has 1 aromatic rings. The quantitative estimate of drug-likeness (QED) is 0.718. The predicted octanol–water partition coefficient (Wildman–Crippen LogP) is 3.50. The molecule has 1 N–H and O–H groups in total. The smallest absolute Gasteiger partial charge is 0.218 e. The zero-order valence-electron chi connectivity index (χ0n) is 12.0. The molecule has 0 fully saturated rings. The van der Waals surface area contributed by atoms with Gasteiger partial charge in [-0.3, -0.25) is 0 Å². The number of unbranched alkanes of at least 4 members (excludes halogenated alkanes) is 2. The number of methoxy groups -OCH3 is 1. The van der Waals surface area contributed by atoms with Crippen LogP contribution in [0.5, 0.6) is 5.88 Å². The predicted molar refractivity (Wildman–Crippen MR) is 75.0 cm³/mol. The van der Waals surface area contributed by atoms with Gasteiger partial charge < -0.3 is 10.1 Å². The minimum Gasteiger partial charge on any atom is -0.481 e. The van der Waals surface area contributed by atoms with E-state index < -0.39 is 0 Å². The van der Waals surface area contributed by atoms with Crippen LogP contribution in [0.1, 0.15) is 46.5 Å². The Morgan fingerprint density at radius 3 is 2.72 bits per heavy atom. The van der Waals surface area contributed by atoms with Crippen LogP contribution in [0.25, 0.3) is 0 Å². The molecule has 0 amide bonds. The summed E-state index contributed by atoms with van der Waals surface area (Å²) in [5.41, 5.74) is 0.285. The average molecular weight is 251 g/mol. The molecule has 0 saturated carbocycles. The summed E-state index contributed by atoms with van der Waals surface area (Å²) in [7, 11) is 1.61. The molecule has 0 aliphatic rings. The number of rotatable bonds is 8. The Morgan fingerprint density at radius 2 is 2.06 bits per heavy atom. The molecule has 0 bridgehead atoms. The Labute approximate surface area is 110 Å². The number of hydrogen-bond donors (Lipinski definition) is 1. The summed E-state index contributed by atoms with van der Waals surface area (Å²) in [4.78, 5) is 8.17. The van der Waals surface area contributed by atoms with Gasteiger partial charge in [0.2, 0.25) is 5.88 Å². The molecule has 0 saturated heterocycles. The van der Waals surface area contributed by atoms with Gasteiger partial charge in [0.25, 0.3) is 0 Å². The summed E-state index contributed by atoms with van der Waals surface area (Å²) in [6, 6.07) is 1.82. The van der Waals surface area contributed by atoms with Crippen LogP contribution in [0.15, 0.2) is 12.4 Å². The molecule has 0 aliphatic heterocycles. The molecule has 1 aromatic heterocycles. The summed E-state index contributed by atoms with van der Waals surface area (Å²) >= 11 is 0. The van der Waals surface area contributed by atoms with Crippen LogP contribution in [0, 0.1) is 5.41 Å². The van der Waals surface area contributed by atoms with Crippen molar-refractivity contribution in [2.45, 2.75) is 46.5 Å². The van der Waals surface area contributed by atoms with E-state index >= 15 is 0 Å². The molecule has 0 atom stereocenters. The SMILES string of the molecule is CCCCCC(C)(C)CNc1cc(OC)ncn1. The molecular weight excluding hydrogens is 226 g/mol. The average Bonchev–Trinajstić information content (AvgIpc) is 2.37. The van der Waals surface area contributed by atoms with E-state index in [1.54, 1.807) is 7.11 Å². The molecule has 102 valence electrons. The van der Waals surface area contributed by atoms with E-state index in [0.717, 1.165) is 12.4 Å². The molecule has 0 spiro atoms. The first-order valence-electron chi connectivity index (χ1n) is 6.67. The summed E-state index contributed by atoms with van der Waals surface area (Å²) < 4.78 is 5.08. The highest BCUT2D eigenvalue weighted by Crippen LogP contribution is 2.24. The van der Waals surface area contributed by atoms with Crippen molar-refractivity contribution in [2.75, 3.05) is 19.0 Å². The van der Waals surface area contributed by atoms with Crippen LogP contribution in [0.2, 0.25) is 0 Å². The minimum absolute atomic E-state index is 0.285. The lowest BCUT2D eigenvalue weighted by molar-refractivity contribution is 0.342. The highest BCUT2D eigenvalue weighted by molar-refractivity contribution is 5.37. The molecule has 4 heteroatoms. The van der Waals surface area contributed by atoms with E-state index in [1.807, 2.05) is 6.07 Å². The highest BCUT2D eigenvalue weighted by atomic mass is 16.5. The molecular formula is C14H25N3O. The fourth-order valence-corrected chi connectivity index (χ4v) is 1.82. The number of ether oxygens (including phenoxy) is 1. The van der Waals surface area contributed by atoms with Gasteiger partial charge in [0.1, 0.15) is 12.1 Å². The molecule has 18 heavy (non-hydrogen) atoms. The van der Waals surface area contributed by atoms with Crippen molar-refractivity contribution in [2.24, 2.45) is 5.41 Å². The molecule has 0 unspecified atom stereocenters. The topological polar surface area (TPSA) is 47.0 Å².